The van der Waals surface area contributed by atoms with E-state index in [4.69, 9.17) is 28.0 Å². The average molecular weight is 634 g/mol. The summed E-state index contributed by atoms with van der Waals surface area (Å²) in [5.41, 5.74) is 4.21. The van der Waals surface area contributed by atoms with Gasteiger partial charge in [-0.3, -0.25) is 19.2 Å². The minimum absolute atomic E-state index is 0.0190. The number of carbonyl (C=O) groups excluding carboxylic acids is 2. The number of rotatable bonds is 8. The number of halogens is 2. The molecular weight excluding hydrogens is 603 g/mol. The number of fused-ring (bicyclic) bond motifs is 1. The second-order valence-electron chi connectivity index (χ2n) is 10.6. The van der Waals surface area contributed by atoms with Crippen LogP contribution < -0.4 is 15.8 Å². The van der Waals surface area contributed by atoms with Crippen LogP contribution >= 0.6 is 23.2 Å². The van der Waals surface area contributed by atoms with Gasteiger partial charge in [0.05, 0.1) is 18.2 Å². The third-order valence-electron chi connectivity index (χ3n) is 7.65. The third-order valence-corrected chi connectivity index (χ3v) is 8.95. The normalized spacial score (nSPS) is 22.5. The first-order chi connectivity index (χ1) is 20.0. The first-order valence-corrected chi connectivity index (χ1v) is 16.1. The van der Waals surface area contributed by atoms with Crippen molar-refractivity contribution in [1.29, 1.82) is 0 Å². The van der Waals surface area contributed by atoms with Gasteiger partial charge < -0.3 is 9.88 Å². The van der Waals surface area contributed by atoms with E-state index in [1.807, 2.05) is 0 Å². The Kier molecular flexibility index (Phi) is 9.05. The molecule has 2 amide bonds. The molecule has 5 rings (SSSR count). The van der Waals surface area contributed by atoms with E-state index in [9.17, 15) is 22.8 Å². The van der Waals surface area contributed by atoms with E-state index >= 15 is 0 Å². The van der Waals surface area contributed by atoms with Crippen LogP contribution in [-0.4, -0.2) is 48.5 Å². The van der Waals surface area contributed by atoms with E-state index in [2.05, 4.69) is 15.2 Å². The van der Waals surface area contributed by atoms with E-state index in [1.54, 1.807) is 53.4 Å². The number of aromatic nitrogens is 1. The van der Waals surface area contributed by atoms with Crippen LogP contribution in [0.5, 0.6) is 0 Å². The molecule has 3 aromatic rings. The highest BCUT2D eigenvalue weighted by Gasteiger charge is 2.49. The molecule has 2 aliphatic rings. The number of carbonyl (C=O) groups is 2. The molecular formula is C29H30Cl2N4O6S. The van der Waals surface area contributed by atoms with Gasteiger partial charge in [0, 0.05) is 40.0 Å². The van der Waals surface area contributed by atoms with Crippen LogP contribution in [0.15, 0.2) is 65.6 Å². The molecule has 1 aliphatic heterocycles. The van der Waals surface area contributed by atoms with Crippen molar-refractivity contribution in [2.75, 3.05) is 6.26 Å². The van der Waals surface area contributed by atoms with Crippen molar-refractivity contribution in [3.8, 4) is 0 Å². The summed E-state index contributed by atoms with van der Waals surface area (Å²) in [6, 6.07) is 12.7. The maximum Gasteiger partial charge on any atom is 0.255 e. The number of pyridine rings is 1. The van der Waals surface area contributed by atoms with Crippen molar-refractivity contribution < 1.29 is 22.8 Å². The van der Waals surface area contributed by atoms with Gasteiger partial charge in [-0.2, -0.15) is 0 Å². The molecule has 10 nitrogen and oxygen atoms in total. The zero-order valence-corrected chi connectivity index (χ0v) is 25.0. The van der Waals surface area contributed by atoms with Crippen LogP contribution in [0.1, 0.15) is 64.7 Å². The Morgan fingerprint density at radius 2 is 1.81 bits per heavy atom. The number of hydrogen-bond acceptors (Lipinski definition) is 6. The first kappa shape index (κ1) is 30.2. The number of aromatic amines is 1. The average Bonchev–Trinajstić information content (AvgIpc) is 2.94. The maximum atomic E-state index is 14.3. The molecule has 1 saturated carbocycles. The van der Waals surface area contributed by atoms with Gasteiger partial charge >= 0.3 is 0 Å². The fourth-order valence-electron chi connectivity index (χ4n) is 5.91. The van der Waals surface area contributed by atoms with Gasteiger partial charge in [0.2, 0.25) is 15.6 Å². The number of nitrogens with one attached hydrogen (secondary N) is 3. The van der Waals surface area contributed by atoms with E-state index in [0.717, 1.165) is 19.1 Å². The highest BCUT2D eigenvalue weighted by Crippen LogP contribution is 2.47. The predicted octanol–water partition coefficient (Wildman–Crippen LogP) is 4.07. The summed E-state index contributed by atoms with van der Waals surface area (Å²) in [5.74, 6) is -1.81. The largest absolute Gasteiger partial charge is 0.329 e. The van der Waals surface area contributed by atoms with Gasteiger partial charge in [0.15, 0.2) is 0 Å². The van der Waals surface area contributed by atoms with Gasteiger partial charge in [-0.25, -0.2) is 18.6 Å². The number of benzene rings is 2. The number of hydroxylamine groups is 1. The fourth-order valence-corrected chi connectivity index (χ4v) is 7.26. The van der Waals surface area contributed by atoms with Crippen LogP contribution in [0.4, 0.5) is 0 Å². The molecule has 13 heteroatoms. The summed E-state index contributed by atoms with van der Waals surface area (Å²) in [6.07, 6.45) is 5.20. The Morgan fingerprint density at radius 1 is 1.05 bits per heavy atom. The van der Waals surface area contributed by atoms with Gasteiger partial charge in [0.25, 0.3) is 11.8 Å². The van der Waals surface area contributed by atoms with Crippen molar-refractivity contribution >= 4 is 45.0 Å². The van der Waals surface area contributed by atoms with Gasteiger partial charge in [0.1, 0.15) is 6.61 Å². The quantitative estimate of drug-likeness (QED) is 0.320. The van der Waals surface area contributed by atoms with E-state index < -0.39 is 40.0 Å². The van der Waals surface area contributed by atoms with Crippen molar-refractivity contribution in [1.82, 2.24) is 20.1 Å². The molecule has 0 radical (unpaired) electrons. The standard InChI is InChI=1S/C29H30Cl2N4O6S/c1-42(39,40)34-23-8-4-5-9-24(23)35-27(21-12-11-18(30)14-22(21)31)26(19-6-2-3-7-20(19)29(35)38)28(37)33-41-16-17-10-13-25(36)32-15-17/h2-3,6-7,10-15,23-24,26-27,34H,4-5,8-9,16H2,1H3,(H,32,36)(H,33,37)/t23-,24?,26+,27-/m0/s1. The van der Waals surface area contributed by atoms with Crippen LogP contribution in [0.2, 0.25) is 10.0 Å². The Balaban J connectivity index is 1.59. The molecule has 1 aromatic heterocycles. The number of H-pyrrole nitrogens is 1. The monoisotopic (exact) mass is 632 g/mol. The lowest BCUT2D eigenvalue weighted by atomic mass is 9.76. The van der Waals surface area contributed by atoms with Crippen molar-refractivity contribution in [3.63, 3.8) is 0 Å². The fraction of sp³-hybridized carbons (Fsp3) is 0.345. The molecule has 222 valence electrons. The van der Waals surface area contributed by atoms with E-state index in [0.29, 0.717) is 40.1 Å². The van der Waals surface area contributed by atoms with Crippen molar-refractivity contribution in [2.45, 2.75) is 56.3 Å². The molecule has 3 N–H and O–H groups in total. The molecule has 1 fully saturated rings. The Labute approximate surface area is 253 Å². The van der Waals surface area contributed by atoms with Crippen molar-refractivity contribution in [3.05, 3.63) is 103 Å². The molecule has 0 spiro atoms. The molecule has 2 aromatic carbocycles. The first-order valence-electron chi connectivity index (χ1n) is 13.5. The maximum absolute atomic E-state index is 14.3. The van der Waals surface area contributed by atoms with Crippen molar-refractivity contribution in [2.24, 2.45) is 0 Å². The van der Waals surface area contributed by atoms with Gasteiger partial charge in [-0.05, 0) is 53.8 Å². The number of hydrogen-bond donors (Lipinski definition) is 3. The zero-order valence-electron chi connectivity index (χ0n) is 22.7. The van der Waals surface area contributed by atoms with Crippen LogP contribution in [0.3, 0.4) is 0 Å². The Hall–Kier alpha value is -3.22. The molecule has 2 heterocycles. The summed E-state index contributed by atoms with van der Waals surface area (Å²) in [7, 11) is -3.59. The molecule has 1 unspecified atom stereocenters. The third kappa shape index (κ3) is 6.55. The van der Waals surface area contributed by atoms with Crippen LogP contribution in [0, 0.1) is 0 Å². The summed E-state index contributed by atoms with van der Waals surface area (Å²) < 4.78 is 27.4. The van der Waals surface area contributed by atoms with E-state index in [1.165, 1.54) is 12.3 Å². The summed E-state index contributed by atoms with van der Waals surface area (Å²) in [5, 5.41) is 0.650. The number of nitrogens with zero attached hydrogens (tertiary/aromatic N) is 1. The second kappa shape index (κ2) is 12.6. The van der Waals surface area contributed by atoms with Crippen LogP contribution in [0.25, 0.3) is 0 Å². The lowest BCUT2D eigenvalue weighted by Gasteiger charge is -2.49. The zero-order chi connectivity index (χ0) is 30.0. The lowest BCUT2D eigenvalue weighted by Crippen LogP contribution is -2.59. The highest BCUT2D eigenvalue weighted by atomic mass is 35.5. The number of sulfonamides is 1. The molecule has 1 aliphatic carbocycles. The summed E-state index contributed by atoms with van der Waals surface area (Å²) in [4.78, 5) is 49.4. The highest BCUT2D eigenvalue weighted by molar-refractivity contribution is 7.88. The minimum Gasteiger partial charge on any atom is -0.329 e. The smallest absolute Gasteiger partial charge is 0.255 e. The molecule has 4 atom stereocenters. The van der Waals surface area contributed by atoms with Gasteiger partial charge in [-0.1, -0.05) is 60.3 Å². The summed E-state index contributed by atoms with van der Waals surface area (Å²) in [6.45, 7) is -0.0190. The SMILES string of the molecule is CS(=O)(=O)N[C@H]1CCCCC1N1C(=O)c2ccccc2[C@@H](C(=O)NOCc2ccc(=O)[nH]c2)[C@@H]1c1ccc(Cl)cc1Cl. The predicted molar refractivity (Wildman–Crippen MR) is 159 cm³/mol. The Bertz CT molecular complexity index is 1640. The summed E-state index contributed by atoms with van der Waals surface area (Å²) >= 11 is 12.9. The van der Waals surface area contributed by atoms with Gasteiger partial charge in [-0.15, -0.1) is 0 Å². The van der Waals surface area contributed by atoms with E-state index in [-0.39, 0.29) is 23.1 Å². The molecule has 42 heavy (non-hydrogen) atoms. The van der Waals surface area contributed by atoms with Crippen LogP contribution in [-0.2, 0) is 26.3 Å². The lowest BCUT2D eigenvalue weighted by molar-refractivity contribution is -0.138. The Morgan fingerprint density at radius 3 is 2.52 bits per heavy atom. The minimum atomic E-state index is -3.59. The molecule has 0 saturated heterocycles. The number of amides is 2. The molecule has 0 bridgehead atoms. The second-order valence-corrected chi connectivity index (χ2v) is 13.2. The topological polar surface area (TPSA) is 138 Å².